The first-order valence-corrected chi connectivity index (χ1v) is 9.68. The first-order chi connectivity index (χ1) is 12.6. The van der Waals surface area contributed by atoms with Gasteiger partial charge in [-0.1, -0.05) is 12.1 Å². The molecule has 1 fully saturated rings. The summed E-state index contributed by atoms with van der Waals surface area (Å²) in [6, 6.07) is 8.98. The first kappa shape index (κ1) is 24.0. The number of guanidine groups is 1. The molecule has 1 aliphatic rings. The van der Waals surface area contributed by atoms with Crippen molar-refractivity contribution in [2.24, 2.45) is 10.7 Å². The smallest absolute Gasteiger partial charge is 0.188 e. The van der Waals surface area contributed by atoms with Gasteiger partial charge in [0.1, 0.15) is 0 Å². The monoisotopic (exact) mass is 489 g/mol. The second-order valence-corrected chi connectivity index (χ2v) is 7.14. The predicted octanol–water partition coefficient (Wildman–Crippen LogP) is 2.45. The number of nitrogens with zero attached hydrogens (tertiary/aromatic N) is 3. The molecule has 3 N–H and O–H groups in total. The zero-order valence-electron chi connectivity index (χ0n) is 17.0. The quantitative estimate of drug-likeness (QED) is 0.242. The van der Waals surface area contributed by atoms with Crippen molar-refractivity contribution in [3.8, 4) is 0 Å². The Morgan fingerprint density at radius 3 is 2.67 bits per heavy atom. The number of nitrogens with two attached hydrogens (primary N) is 1. The highest BCUT2D eigenvalue weighted by atomic mass is 127. The van der Waals surface area contributed by atoms with Crippen molar-refractivity contribution in [3.63, 3.8) is 0 Å². The van der Waals surface area contributed by atoms with Crippen molar-refractivity contribution in [2.75, 3.05) is 57.9 Å². The molecule has 1 saturated heterocycles. The van der Waals surface area contributed by atoms with Crippen LogP contribution in [-0.4, -0.2) is 69.9 Å². The van der Waals surface area contributed by atoms with Gasteiger partial charge in [0.2, 0.25) is 0 Å². The maximum atomic E-state index is 5.88. The highest BCUT2D eigenvalue weighted by molar-refractivity contribution is 14.0. The molecule has 0 amide bonds. The molecular weight excluding hydrogens is 453 g/mol. The summed E-state index contributed by atoms with van der Waals surface area (Å²) in [7, 11) is 1.69. The van der Waals surface area contributed by atoms with Crippen LogP contribution in [0.3, 0.4) is 0 Å². The highest BCUT2D eigenvalue weighted by Crippen LogP contribution is 2.17. The molecule has 1 atom stereocenters. The van der Waals surface area contributed by atoms with Crippen LogP contribution in [0.25, 0.3) is 0 Å². The van der Waals surface area contributed by atoms with E-state index in [0.717, 1.165) is 52.1 Å². The normalized spacial score (nSPS) is 16.7. The minimum Gasteiger partial charge on any atom is -0.383 e. The van der Waals surface area contributed by atoms with Crippen LogP contribution in [0.1, 0.15) is 25.3 Å². The number of aliphatic imine (C=N–C) groups is 1. The molecule has 1 aliphatic heterocycles. The summed E-state index contributed by atoms with van der Waals surface area (Å²) < 4.78 is 5.07. The van der Waals surface area contributed by atoms with Crippen molar-refractivity contribution in [3.05, 3.63) is 29.8 Å². The Balaban J connectivity index is 0.00000364. The van der Waals surface area contributed by atoms with Gasteiger partial charge in [0.05, 0.1) is 6.61 Å². The highest BCUT2D eigenvalue weighted by Gasteiger charge is 2.16. The maximum absolute atomic E-state index is 5.88. The minimum absolute atomic E-state index is 0. The molecule has 0 bridgehead atoms. The van der Waals surface area contributed by atoms with Gasteiger partial charge in [-0.3, -0.25) is 9.89 Å². The third-order valence-corrected chi connectivity index (χ3v) is 4.71. The summed E-state index contributed by atoms with van der Waals surface area (Å²) in [5.41, 5.74) is 8.56. The Morgan fingerprint density at radius 1 is 1.26 bits per heavy atom. The van der Waals surface area contributed by atoms with Crippen molar-refractivity contribution >= 4 is 35.6 Å². The number of rotatable bonds is 9. The largest absolute Gasteiger partial charge is 0.383 e. The Morgan fingerprint density at radius 2 is 2.00 bits per heavy atom. The number of methoxy groups -OCH3 is 1. The summed E-state index contributed by atoms with van der Waals surface area (Å²) >= 11 is 0. The number of benzene rings is 1. The van der Waals surface area contributed by atoms with E-state index in [2.05, 4.69) is 51.3 Å². The SMILES string of the molecule is COCC(C)NC(N)=NCCCCN1CCN(c2cccc(C)c2)CC1.I. The van der Waals surface area contributed by atoms with E-state index in [0.29, 0.717) is 12.6 Å². The summed E-state index contributed by atoms with van der Waals surface area (Å²) in [6.07, 6.45) is 2.23. The van der Waals surface area contributed by atoms with E-state index in [1.165, 1.54) is 11.3 Å². The Hall–Kier alpha value is -1.06. The summed E-state index contributed by atoms with van der Waals surface area (Å²) in [4.78, 5) is 9.43. The van der Waals surface area contributed by atoms with Crippen LogP contribution in [0.4, 0.5) is 5.69 Å². The average molecular weight is 489 g/mol. The molecule has 2 rings (SSSR count). The zero-order chi connectivity index (χ0) is 18.8. The third kappa shape index (κ3) is 9.12. The molecule has 0 saturated carbocycles. The van der Waals surface area contributed by atoms with Gasteiger partial charge in [0, 0.05) is 51.6 Å². The zero-order valence-corrected chi connectivity index (χ0v) is 19.3. The fourth-order valence-electron chi connectivity index (χ4n) is 3.29. The molecular formula is C20H36IN5O. The number of ether oxygens (including phenoxy) is 1. The lowest BCUT2D eigenvalue weighted by Gasteiger charge is -2.36. The molecule has 1 unspecified atom stereocenters. The lowest BCUT2D eigenvalue weighted by Crippen LogP contribution is -2.46. The van der Waals surface area contributed by atoms with E-state index in [1.807, 2.05) is 6.92 Å². The van der Waals surface area contributed by atoms with Crippen molar-refractivity contribution in [1.82, 2.24) is 10.2 Å². The molecule has 0 aliphatic carbocycles. The molecule has 1 heterocycles. The van der Waals surface area contributed by atoms with E-state index in [9.17, 15) is 0 Å². The van der Waals surface area contributed by atoms with Gasteiger partial charge in [0.25, 0.3) is 0 Å². The average Bonchev–Trinajstić information content (AvgIpc) is 2.62. The number of piperazine rings is 1. The van der Waals surface area contributed by atoms with Crippen LogP contribution >= 0.6 is 24.0 Å². The molecule has 154 valence electrons. The molecule has 1 aromatic carbocycles. The molecule has 1 aromatic rings. The van der Waals surface area contributed by atoms with Gasteiger partial charge >= 0.3 is 0 Å². The molecule has 0 radical (unpaired) electrons. The standard InChI is InChI=1S/C20H35N5O.HI/c1-17-7-6-8-19(15-17)25-13-11-24(12-14-25)10-5-4-9-22-20(21)23-18(2)16-26-3;/h6-8,15,18H,4-5,9-14,16H2,1-3H3,(H3,21,22,23);1H. The lowest BCUT2D eigenvalue weighted by atomic mass is 10.2. The predicted molar refractivity (Wildman–Crippen MR) is 125 cm³/mol. The number of nitrogens with one attached hydrogen (secondary N) is 1. The Labute approximate surface area is 181 Å². The number of halogens is 1. The van der Waals surface area contributed by atoms with Crippen LogP contribution in [0, 0.1) is 6.92 Å². The molecule has 7 heteroatoms. The van der Waals surface area contributed by atoms with E-state index >= 15 is 0 Å². The summed E-state index contributed by atoms with van der Waals surface area (Å²) in [5, 5.41) is 3.13. The Bertz CT molecular complexity index is 561. The topological polar surface area (TPSA) is 66.1 Å². The van der Waals surface area contributed by atoms with Crippen molar-refractivity contribution in [1.29, 1.82) is 0 Å². The molecule has 27 heavy (non-hydrogen) atoms. The Kier molecular flexibility index (Phi) is 11.7. The minimum atomic E-state index is 0. The maximum Gasteiger partial charge on any atom is 0.188 e. The van der Waals surface area contributed by atoms with E-state index in [-0.39, 0.29) is 30.0 Å². The number of aryl methyl sites for hydroxylation is 1. The van der Waals surface area contributed by atoms with Crippen LogP contribution < -0.4 is 16.0 Å². The lowest BCUT2D eigenvalue weighted by molar-refractivity contribution is 0.179. The van der Waals surface area contributed by atoms with Gasteiger partial charge in [-0.15, -0.1) is 24.0 Å². The number of hydrogen-bond donors (Lipinski definition) is 2. The van der Waals surface area contributed by atoms with Crippen LogP contribution in [0.15, 0.2) is 29.3 Å². The molecule has 6 nitrogen and oxygen atoms in total. The summed E-state index contributed by atoms with van der Waals surface area (Å²) in [5.74, 6) is 0.515. The van der Waals surface area contributed by atoms with Gasteiger partial charge in [-0.05, 0) is 50.9 Å². The van der Waals surface area contributed by atoms with Crippen molar-refractivity contribution in [2.45, 2.75) is 32.7 Å². The van der Waals surface area contributed by atoms with Crippen LogP contribution in [-0.2, 0) is 4.74 Å². The van der Waals surface area contributed by atoms with Gasteiger partial charge in [-0.25, -0.2) is 0 Å². The fraction of sp³-hybridized carbons (Fsp3) is 0.650. The first-order valence-electron chi connectivity index (χ1n) is 9.68. The van der Waals surface area contributed by atoms with E-state index < -0.39 is 0 Å². The third-order valence-electron chi connectivity index (χ3n) is 4.71. The van der Waals surface area contributed by atoms with Crippen molar-refractivity contribution < 1.29 is 4.74 Å². The molecule has 0 aromatic heterocycles. The summed E-state index contributed by atoms with van der Waals surface area (Å²) in [6.45, 7) is 11.2. The fourth-order valence-corrected chi connectivity index (χ4v) is 3.29. The number of anilines is 1. The van der Waals surface area contributed by atoms with E-state index in [4.69, 9.17) is 10.5 Å². The van der Waals surface area contributed by atoms with Crippen LogP contribution in [0.2, 0.25) is 0 Å². The second-order valence-electron chi connectivity index (χ2n) is 7.14. The van der Waals surface area contributed by atoms with Gasteiger partial charge in [0.15, 0.2) is 5.96 Å². The van der Waals surface area contributed by atoms with Crippen LogP contribution in [0.5, 0.6) is 0 Å². The second kappa shape index (κ2) is 13.2. The number of hydrogen-bond acceptors (Lipinski definition) is 4. The van der Waals surface area contributed by atoms with Gasteiger partial charge in [-0.2, -0.15) is 0 Å². The molecule has 0 spiro atoms. The van der Waals surface area contributed by atoms with E-state index in [1.54, 1.807) is 7.11 Å². The number of unbranched alkanes of at least 4 members (excludes halogenated alkanes) is 1. The van der Waals surface area contributed by atoms with Gasteiger partial charge < -0.3 is 20.7 Å².